The topological polar surface area (TPSA) is 25.8 Å². The van der Waals surface area contributed by atoms with Gasteiger partial charge in [0.1, 0.15) is 0 Å². The third-order valence-corrected chi connectivity index (χ3v) is 9.69. The van der Waals surface area contributed by atoms with Crippen molar-refractivity contribution in [3.63, 3.8) is 0 Å². The minimum absolute atomic E-state index is 0. The van der Waals surface area contributed by atoms with Gasteiger partial charge >= 0.3 is 0 Å². The van der Waals surface area contributed by atoms with E-state index in [9.17, 15) is 0 Å². The number of aryl methyl sites for hydroxylation is 1. The standard InChI is InChI=1S/C19H24NSi.C18H14N.Ir/c1-21(2,3)19-14-20-18(16-11-5-4-6-12-16)13-17(19)15-9-7-8-10-15;1-14-12-13-17(15-8-4-2-5-9-15)19-18(14)16-10-6-3-7-11-16;/h4-6,11,13-15H,7-10H2,1-3H3;2-8,10-13H,1H3;/q2*-1;. The summed E-state index contributed by atoms with van der Waals surface area (Å²) in [5, 5.41) is 1.55. The Hall–Kier alpha value is -3.17. The van der Waals surface area contributed by atoms with Crippen molar-refractivity contribution < 1.29 is 20.1 Å². The van der Waals surface area contributed by atoms with Gasteiger partial charge in [-0.25, -0.2) is 0 Å². The molecule has 6 rings (SSSR count). The van der Waals surface area contributed by atoms with Crippen molar-refractivity contribution in [1.29, 1.82) is 0 Å². The molecule has 0 atom stereocenters. The summed E-state index contributed by atoms with van der Waals surface area (Å²) in [5.74, 6) is 0.747. The van der Waals surface area contributed by atoms with Crippen LogP contribution in [-0.4, -0.2) is 18.0 Å². The summed E-state index contributed by atoms with van der Waals surface area (Å²) in [6.45, 7) is 9.37. The molecule has 2 aromatic heterocycles. The molecule has 5 aromatic rings. The zero-order valence-electron chi connectivity index (χ0n) is 24.4. The Balaban J connectivity index is 0.000000185. The van der Waals surface area contributed by atoms with Crippen LogP contribution in [0.2, 0.25) is 19.6 Å². The molecule has 211 valence electrons. The van der Waals surface area contributed by atoms with E-state index in [0.29, 0.717) is 0 Å². The minimum Gasteiger partial charge on any atom is -0.305 e. The summed E-state index contributed by atoms with van der Waals surface area (Å²) in [4.78, 5) is 9.53. The molecule has 1 radical (unpaired) electrons. The fourth-order valence-electron chi connectivity index (χ4n) is 5.49. The maximum Gasteiger partial charge on any atom is 0.0799 e. The molecule has 4 heteroatoms. The van der Waals surface area contributed by atoms with E-state index in [1.54, 1.807) is 10.8 Å². The predicted molar refractivity (Wildman–Crippen MR) is 171 cm³/mol. The number of hydrogen-bond acceptors (Lipinski definition) is 2. The van der Waals surface area contributed by atoms with Crippen LogP contribution < -0.4 is 5.19 Å². The monoisotopic (exact) mass is 731 g/mol. The Bertz CT molecular complexity index is 1520. The van der Waals surface area contributed by atoms with E-state index in [4.69, 9.17) is 9.97 Å². The van der Waals surface area contributed by atoms with Crippen molar-refractivity contribution in [2.24, 2.45) is 0 Å². The van der Waals surface area contributed by atoms with Crippen LogP contribution in [0.3, 0.4) is 0 Å². The van der Waals surface area contributed by atoms with E-state index < -0.39 is 8.07 Å². The average molecular weight is 731 g/mol. The van der Waals surface area contributed by atoms with Gasteiger partial charge in [0.05, 0.1) is 13.8 Å². The number of hydrogen-bond donors (Lipinski definition) is 0. The molecule has 0 spiro atoms. The van der Waals surface area contributed by atoms with Crippen molar-refractivity contribution in [3.8, 4) is 33.8 Å². The number of pyridine rings is 2. The number of aromatic nitrogens is 2. The first-order valence-corrected chi connectivity index (χ1v) is 17.9. The van der Waals surface area contributed by atoms with Crippen molar-refractivity contribution in [3.05, 3.63) is 127 Å². The SMILES string of the molecule is C[Si](C)(C)c1cnc(-c2[c-]cccc2)cc1C1CCCC1.Cc1ccc(-c2[c-]cccc2)nc1-c1ccccc1.[Ir]. The molecule has 41 heavy (non-hydrogen) atoms. The normalized spacial score (nSPS) is 13.2. The molecule has 2 heterocycles. The molecule has 0 saturated heterocycles. The van der Waals surface area contributed by atoms with Crippen LogP contribution in [0, 0.1) is 19.1 Å². The maximum atomic E-state index is 4.78. The molecular weight excluding hydrogens is 693 g/mol. The van der Waals surface area contributed by atoms with Gasteiger partial charge in [0.25, 0.3) is 0 Å². The maximum absolute atomic E-state index is 4.78. The van der Waals surface area contributed by atoms with Crippen LogP contribution >= 0.6 is 0 Å². The molecule has 2 nitrogen and oxygen atoms in total. The van der Waals surface area contributed by atoms with Gasteiger partial charge in [-0.1, -0.05) is 86.6 Å². The van der Waals surface area contributed by atoms with Gasteiger partial charge in [-0.05, 0) is 53.4 Å². The van der Waals surface area contributed by atoms with Crippen LogP contribution in [0.1, 0.15) is 42.7 Å². The predicted octanol–water partition coefficient (Wildman–Crippen LogP) is 9.27. The van der Waals surface area contributed by atoms with Crippen molar-refractivity contribution in [1.82, 2.24) is 9.97 Å². The molecule has 1 fully saturated rings. The molecule has 1 aliphatic carbocycles. The van der Waals surface area contributed by atoms with Gasteiger partial charge < -0.3 is 4.98 Å². The second-order valence-electron chi connectivity index (χ2n) is 11.7. The summed E-state index contributed by atoms with van der Waals surface area (Å²) in [6, 6.07) is 39.4. The summed E-state index contributed by atoms with van der Waals surface area (Å²) < 4.78 is 0. The van der Waals surface area contributed by atoms with Crippen molar-refractivity contribution in [2.75, 3.05) is 0 Å². The molecule has 0 aliphatic heterocycles. The van der Waals surface area contributed by atoms with Crippen LogP contribution in [0.25, 0.3) is 33.8 Å². The van der Waals surface area contributed by atoms with Crippen molar-refractivity contribution in [2.45, 2.75) is 58.2 Å². The van der Waals surface area contributed by atoms with Crippen LogP contribution in [-0.2, 0) is 20.1 Å². The van der Waals surface area contributed by atoms with Gasteiger partial charge in [-0.3, -0.25) is 4.98 Å². The van der Waals surface area contributed by atoms with Crippen LogP contribution in [0.15, 0.2) is 103 Å². The Morgan fingerprint density at radius 1 is 0.732 bits per heavy atom. The number of rotatable bonds is 5. The second kappa shape index (κ2) is 14.1. The first kappa shape index (κ1) is 30.8. The van der Waals surface area contributed by atoms with E-state index in [0.717, 1.165) is 39.7 Å². The van der Waals surface area contributed by atoms with E-state index in [1.807, 2.05) is 60.7 Å². The molecule has 1 aliphatic rings. The number of benzene rings is 3. The molecule has 0 amide bonds. The Morgan fingerprint density at radius 3 is 1.93 bits per heavy atom. The third kappa shape index (κ3) is 7.77. The summed E-state index contributed by atoms with van der Waals surface area (Å²) in [7, 11) is -1.34. The van der Waals surface area contributed by atoms with E-state index >= 15 is 0 Å². The zero-order valence-corrected chi connectivity index (χ0v) is 27.8. The van der Waals surface area contributed by atoms with Crippen LogP contribution in [0.5, 0.6) is 0 Å². The van der Waals surface area contributed by atoms with Gasteiger partial charge in [0.15, 0.2) is 0 Å². The molecular formula is C37H38IrN2Si-2. The van der Waals surface area contributed by atoms with Gasteiger partial charge in [-0.2, -0.15) is 0 Å². The zero-order chi connectivity index (χ0) is 28.0. The van der Waals surface area contributed by atoms with Crippen LogP contribution in [0.4, 0.5) is 0 Å². The Morgan fingerprint density at radius 2 is 1.34 bits per heavy atom. The largest absolute Gasteiger partial charge is 0.305 e. The van der Waals surface area contributed by atoms with Crippen molar-refractivity contribution >= 4 is 13.3 Å². The first-order valence-electron chi connectivity index (χ1n) is 14.4. The molecule has 3 aromatic carbocycles. The molecule has 0 unspecified atom stereocenters. The van der Waals surface area contributed by atoms with Gasteiger partial charge in [0.2, 0.25) is 0 Å². The fraction of sp³-hybridized carbons (Fsp3) is 0.243. The average Bonchev–Trinajstić information content (AvgIpc) is 3.54. The fourth-order valence-corrected chi connectivity index (χ4v) is 7.09. The Kier molecular flexibility index (Phi) is 10.6. The Labute approximate surface area is 260 Å². The minimum atomic E-state index is -1.34. The number of nitrogens with zero attached hydrogens (tertiary/aromatic N) is 2. The summed E-state index contributed by atoms with van der Waals surface area (Å²) >= 11 is 0. The summed E-state index contributed by atoms with van der Waals surface area (Å²) in [5.41, 5.74) is 9.14. The van der Waals surface area contributed by atoms with E-state index in [-0.39, 0.29) is 20.1 Å². The molecule has 1 saturated carbocycles. The van der Waals surface area contributed by atoms with Gasteiger partial charge in [-0.15, -0.1) is 71.8 Å². The molecule has 0 bridgehead atoms. The quantitative estimate of drug-likeness (QED) is 0.133. The molecule has 0 N–H and O–H groups in total. The first-order chi connectivity index (χ1) is 19.4. The second-order valence-corrected chi connectivity index (χ2v) is 16.7. The summed E-state index contributed by atoms with van der Waals surface area (Å²) in [6.07, 6.45) is 7.62. The smallest absolute Gasteiger partial charge is 0.0799 e. The van der Waals surface area contributed by atoms with Gasteiger partial charge in [0, 0.05) is 26.3 Å². The third-order valence-electron chi connectivity index (χ3n) is 7.65. The van der Waals surface area contributed by atoms with E-state index in [2.05, 4.69) is 81.3 Å². The van der Waals surface area contributed by atoms with E-state index in [1.165, 1.54) is 31.2 Å².